The Balaban J connectivity index is 2.09. The Labute approximate surface area is 121 Å². The Hall–Kier alpha value is -0.990. The Bertz CT molecular complexity index is 582. The summed E-state index contributed by atoms with van der Waals surface area (Å²) in [5.41, 5.74) is 5.21. The lowest BCUT2D eigenvalue weighted by molar-refractivity contribution is 0.992. The van der Waals surface area contributed by atoms with Gasteiger partial charge >= 0.3 is 0 Å². The maximum atomic E-state index is 6.14. The van der Waals surface area contributed by atoms with Crippen LogP contribution in [0.5, 0.6) is 0 Å². The molecule has 2 aromatic rings. The van der Waals surface area contributed by atoms with E-state index in [4.69, 9.17) is 11.6 Å². The van der Waals surface area contributed by atoms with Gasteiger partial charge in [0.2, 0.25) is 0 Å². The van der Waals surface area contributed by atoms with Gasteiger partial charge in [-0.25, -0.2) is 0 Å². The molecule has 1 nitrogen and oxygen atoms in total. The predicted molar refractivity (Wildman–Crippen MR) is 81.2 cm³/mol. The normalized spacial score (nSPS) is 13.8. The van der Waals surface area contributed by atoms with Crippen molar-refractivity contribution in [1.82, 2.24) is 0 Å². The Morgan fingerprint density at radius 3 is 2.78 bits per heavy atom. The van der Waals surface area contributed by atoms with Crippen LogP contribution in [0, 0.1) is 0 Å². The lowest BCUT2D eigenvalue weighted by Gasteiger charge is -2.22. The average Bonchev–Trinajstić information content (AvgIpc) is 2.82. The standard InChI is InChI=1S/C15H13BrClN/c16-10-12-5-6-13(17)9-15(12)18-8-7-11-3-1-2-4-14(11)18/h1-6,9H,7-8,10H2. The number of fused-ring (bicyclic) bond motifs is 1. The third-order valence-electron chi connectivity index (χ3n) is 3.37. The maximum Gasteiger partial charge on any atom is 0.0466 e. The fraction of sp³-hybridized carbons (Fsp3) is 0.200. The summed E-state index contributed by atoms with van der Waals surface area (Å²) in [4.78, 5) is 2.36. The number of rotatable bonds is 2. The minimum absolute atomic E-state index is 0.791. The van der Waals surface area contributed by atoms with Crippen LogP contribution in [-0.4, -0.2) is 6.54 Å². The van der Waals surface area contributed by atoms with Crippen molar-refractivity contribution in [2.45, 2.75) is 11.8 Å². The molecule has 0 saturated carbocycles. The number of hydrogen-bond donors (Lipinski definition) is 0. The monoisotopic (exact) mass is 321 g/mol. The molecule has 0 saturated heterocycles. The van der Waals surface area contributed by atoms with Gasteiger partial charge in [0.1, 0.15) is 0 Å². The van der Waals surface area contributed by atoms with Crippen LogP contribution in [0.1, 0.15) is 11.1 Å². The highest BCUT2D eigenvalue weighted by atomic mass is 79.9. The summed E-state index contributed by atoms with van der Waals surface area (Å²) in [6, 6.07) is 14.7. The zero-order chi connectivity index (χ0) is 12.5. The van der Waals surface area contributed by atoms with E-state index in [9.17, 15) is 0 Å². The molecule has 0 unspecified atom stereocenters. The summed E-state index contributed by atoms with van der Waals surface area (Å²) in [5, 5.41) is 1.64. The smallest absolute Gasteiger partial charge is 0.0466 e. The van der Waals surface area contributed by atoms with Gasteiger partial charge in [-0.15, -0.1) is 0 Å². The first-order valence-electron chi connectivity index (χ1n) is 5.99. The molecule has 18 heavy (non-hydrogen) atoms. The van der Waals surface area contributed by atoms with Gasteiger partial charge < -0.3 is 4.90 Å². The Kier molecular flexibility index (Phi) is 3.31. The van der Waals surface area contributed by atoms with E-state index in [1.54, 1.807) is 0 Å². The molecular weight excluding hydrogens is 310 g/mol. The molecule has 0 aromatic heterocycles. The van der Waals surface area contributed by atoms with E-state index in [0.29, 0.717) is 0 Å². The third kappa shape index (κ3) is 2.04. The van der Waals surface area contributed by atoms with E-state index < -0.39 is 0 Å². The van der Waals surface area contributed by atoms with Crippen LogP contribution in [0.4, 0.5) is 11.4 Å². The van der Waals surface area contributed by atoms with Crippen LogP contribution in [0.25, 0.3) is 0 Å². The van der Waals surface area contributed by atoms with Gasteiger partial charge in [0, 0.05) is 28.3 Å². The zero-order valence-corrected chi connectivity index (χ0v) is 12.2. The van der Waals surface area contributed by atoms with Crippen LogP contribution in [0.15, 0.2) is 42.5 Å². The second-order valence-electron chi connectivity index (χ2n) is 4.44. The van der Waals surface area contributed by atoms with Crippen molar-refractivity contribution >= 4 is 38.9 Å². The topological polar surface area (TPSA) is 3.24 Å². The minimum atomic E-state index is 0.791. The van der Waals surface area contributed by atoms with Gasteiger partial charge in [-0.05, 0) is 35.7 Å². The molecule has 0 amide bonds. The molecule has 0 radical (unpaired) electrons. The molecule has 1 heterocycles. The summed E-state index contributed by atoms with van der Waals surface area (Å²) in [6.07, 6.45) is 1.10. The first-order chi connectivity index (χ1) is 8.79. The molecule has 3 rings (SSSR count). The summed E-state index contributed by atoms with van der Waals surface area (Å²) in [7, 11) is 0. The summed E-state index contributed by atoms with van der Waals surface area (Å²) in [6.45, 7) is 1.03. The second-order valence-corrected chi connectivity index (χ2v) is 5.43. The number of halogens is 2. The lowest BCUT2D eigenvalue weighted by Crippen LogP contribution is -2.14. The van der Waals surface area contributed by atoms with Crippen LogP contribution >= 0.6 is 27.5 Å². The van der Waals surface area contributed by atoms with E-state index in [-0.39, 0.29) is 0 Å². The molecule has 3 heteroatoms. The van der Waals surface area contributed by atoms with Crippen molar-refractivity contribution < 1.29 is 0 Å². The molecule has 0 N–H and O–H groups in total. The highest BCUT2D eigenvalue weighted by Gasteiger charge is 2.21. The summed E-state index contributed by atoms with van der Waals surface area (Å²) < 4.78 is 0. The summed E-state index contributed by atoms with van der Waals surface area (Å²) >= 11 is 9.69. The van der Waals surface area contributed by atoms with Gasteiger partial charge in [-0.1, -0.05) is 51.8 Å². The Morgan fingerprint density at radius 2 is 1.94 bits per heavy atom. The highest BCUT2D eigenvalue weighted by molar-refractivity contribution is 9.08. The molecular formula is C15H13BrClN. The molecule has 0 fully saturated rings. The second kappa shape index (κ2) is 4.94. The summed E-state index contributed by atoms with van der Waals surface area (Å²) in [5.74, 6) is 0. The Morgan fingerprint density at radius 1 is 1.11 bits per heavy atom. The number of para-hydroxylation sites is 1. The predicted octanol–water partition coefficient (Wildman–Crippen LogP) is 4.93. The molecule has 2 aromatic carbocycles. The number of alkyl halides is 1. The van der Waals surface area contributed by atoms with Crippen LogP contribution in [0.3, 0.4) is 0 Å². The van der Waals surface area contributed by atoms with E-state index in [1.807, 2.05) is 6.07 Å². The number of anilines is 2. The number of nitrogens with zero attached hydrogens (tertiary/aromatic N) is 1. The number of hydrogen-bond acceptors (Lipinski definition) is 1. The van der Waals surface area contributed by atoms with Gasteiger partial charge in [-0.2, -0.15) is 0 Å². The lowest BCUT2D eigenvalue weighted by atomic mass is 10.1. The molecule has 1 aliphatic heterocycles. The first kappa shape index (κ1) is 12.1. The maximum absolute atomic E-state index is 6.14. The first-order valence-corrected chi connectivity index (χ1v) is 7.49. The molecule has 0 bridgehead atoms. The average molecular weight is 323 g/mol. The van der Waals surface area contributed by atoms with Crippen LogP contribution in [-0.2, 0) is 11.8 Å². The van der Waals surface area contributed by atoms with Crippen molar-refractivity contribution in [3.05, 3.63) is 58.6 Å². The van der Waals surface area contributed by atoms with E-state index >= 15 is 0 Å². The number of benzene rings is 2. The quantitative estimate of drug-likeness (QED) is 0.709. The van der Waals surface area contributed by atoms with Gasteiger partial charge in [0.05, 0.1) is 0 Å². The highest BCUT2D eigenvalue weighted by Crippen LogP contribution is 2.37. The van der Waals surface area contributed by atoms with Gasteiger partial charge in [-0.3, -0.25) is 0 Å². The van der Waals surface area contributed by atoms with E-state index in [1.165, 1.54) is 22.5 Å². The fourth-order valence-electron chi connectivity index (χ4n) is 2.49. The van der Waals surface area contributed by atoms with Crippen molar-refractivity contribution in [1.29, 1.82) is 0 Å². The molecule has 0 aliphatic carbocycles. The van der Waals surface area contributed by atoms with Crippen molar-refractivity contribution in [3.8, 4) is 0 Å². The molecule has 92 valence electrons. The van der Waals surface area contributed by atoms with E-state index in [2.05, 4.69) is 57.2 Å². The minimum Gasteiger partial charge on any atom is -0.341 e. The van der Waals surface area contributed by atoms with Gasteiger partial charge in [0.15, 0.2) is 0 Å². The van der Waals surface area contributed by atoms with Crippen molar-refractivity contribution in [2.24, 2.45) is 0 Å². The van der Waals surface area contributed by atoms with Crippen molar-refractivity contribution in [2.75, 3.05) is 11.4 Å². The SMILES string of the molecule is Clc1ccc(CBr)c(N2CCc3ccccc32)c1. The molecule has 0 spiro atoms. The van der Waals surface area contributed by atoms with Crippen molar-refractivity contribution in [3.63, 3.8) is 0 Å². The zero-order valence-electron chi connectivity index (χ0n) is 9.87. The molecule has 1 aliphatic rings. The van der Waals surface area contributed by atoms with Crippen LogP contribution < -0.4 is 4.90 Å². The van der Waals surface area contributed by atoms with Gasteiger partial charge in [0.25, 0.3) is 0 Å². The molecule has 0 atom stereocenters. The van der Waals surface area contributed by atoms with Crippen LogP contribution in [0.2, 0.25) is 5.02 Å². The van der Waals surface area contributed by atoms with E-state index in [0.717, 1.165) is 23.3 Å². The fourth-order valence-corrected chi connectivity index (χ4v) is 3.13. The largest absolute Gasteiger partial charge is 0.341 e. The third-order valence-corrected chi connectivity index (χ3v) is 4.21.